The molecule has 0 aromatic heterocycles. The van der Waals surface area contributed by atoms with Crippen LogP contribution in [0.15, 0.2) is 0 Å². The molecule has 0 fully saturated rings. The Morgan fingerprint density at radius 1 is 1.50 bits per heavy atom. The lowest BCUT2D eigenvalue weighted by atomic mass is 10.3. The summed E-state index contributed by atoms with van der Waals surface area (Å²) in [4.78, 5) is 19.5. The molecule has 0 aromatic carbocycles. The van der Waals surface area contributed by atoms with Crippen LogP contribution in [0, 0.1) is 0 Å². The summed E-state index contributed by atoms with van der Waals surface area (Å²) in [6, 6.07) is 0. The number of hydrogen-bond donors (Lipinski definition) is 1. The van der Waals surface area contributed by atoms with Crippen molar-refractivity contribution in [2.45, 2.75) is 13.0 Å². The third-order valence-corrected chi connectivity index (χ3v) is 0.608. The maximum atomic E-state index is 9.91. The molecule has 0 aliphatic carbocycles. The van der Waals surface area contributed by atoms with Gasteiger partial charge >= 0.3 is 5.97 Å². The molecular weight excluding hydrogens is 112 g/mol. The highest BCUT2D eigenvalue weighted by atomic mass is 16.4. The van der Waals surface area contributed by atoms with Crippen LogP contribution in [0.5, 0.6) is 0 Å². The first-order chi connectivity index (χ1) is 3.55. The summed E-state index contributed by atoms with van der Waals surface area (Å²) in [6.45, 7) is 0.973. The van der Waals surface area contributed by atoms with E-state index in [0.717, 1.165) is 6.92 Å². The zero-order valence-electron chi connectivity index (χ0n) is 4.25. The van der Waals surface area contributed by atoms with Crippen LogP contribution in [0.4, 0.5) is 0 Å². The van der Waals surface area contributed by atoms with Crippen molar-refractivity contribution in [3.05, 3.63) is 0 Å². The van der Waals surface area contributed by atoms with Crippen molar-refractivity contribution in [1.29, 1.82) is 0 Å². The molecule has 1 unspecified atom stereocenters. The molecule has 1 N–H and O–H groups in total. The fraction of sp³-hybridized carbons (Fsp3) is 0.500. The van der Waals surface area contributed by atoms with E-state index in [2.05, 4.69) is 0 Å². The maximum absolute atomic E-state index is 9.91. The number of rotatable bonds is 2. The van der Waals surface area contributed by atoms with Crippen molar-refractivity contribution in [3.63, 3.8) is 0 Å². The highest BCUT2D eigenvalue weighted by Crippen LogP contribution is 1.82. The number of hydrogen-bond acceptors (Lipinski definition) is 3. The van der Waals surface area contributed by atoms with E-state index in [1.165, 1.54) is 0 Å². The predicted molar refractivity (Wildman–Crippen MR) is 22.4 cm³/mol. The number of Topliss-reactive ketones (excluding diaryl/α,β-unsaturated/α-hetero) is 1. The summed E-state index contributed by atoms with van der Waals surface area (Å²) in [5, 5.41) is 17.8. The highest BCUT2D eigenvalue weighted by Gasteiger charge is 2.19. The molecular formula is C4H5O4. The van der Waals surface area contributed by atoms with E-state index < -0.39 is 17.9 Å². The van der Waals surface area contributed by atoms with Crippen LogP contribution in [0.2, 0.25) is 0 Å². The lowest BCUT2D eigenvalue weighted by Gasteiger charge is -1.92. The Hall–Kier alpha value is -0.900. The molecule has 4 nitrogen and oxygen atoms in total. The van der Waals surface area contributed by atoms with Crippen molar-refractivity contribution in [2.24, 2.45) is 0 Å². The van der Waals surface area contributed by atoms with Gasteiger partial charge in [-0.25, -0.2) is 9.90 Å². The molecule has 0 saturated carbocycles. The fourth-order valence-corrected chi connectivity index (χ4v) is 0.166. The van der Waals surface area contributed by atoms with Gasteiger partial charge in [0.1, 0.15) is 0 Å². The molecule has 45 valence electrons. The van der Waals surface area contributed by atoms with Gasteiger partial charge in [0, 0.05) is 0 Å². The first kappa shape index (κ1) is 7.10. The van der Waals surface area contributed by atoms with E-state index in [-0.39, 0.29) is 0 Å². The Balaban J connectivity index is 3.83. The zero-order chi connectivity index (χ0) is 6.73. The molecule has 0 amide bonds. The number of aliphatic hydroxyl groups is 1. The van der Waals surface area contributed by atoms with Crippen molar-refractivity contribution in [1.82, 2.24) is 0 Å². The molecule has 8 heavy (non-hydrogen) atoms. The molecule has 0 aliphatic rings. The van der Waals surface area contributed by atoms with E-state index in [4.69, 9.17) is 5.11 Å². The minimum absolute atomic E-state index is 0.815. The Morgan fingerprint density at radius 3 is 1.88 bits per heavy atom. The van der Waals surface area contributed by atoms with Gasteiger partial charge in [0.25, 0.3) is 0 Å². The summed E-state index contributed by atoms with van der Waals surface area (Å²) in [5.41, 5.74) is 0. The molecule has 0 spiro atoms. The van der Waals surface area contributed by atoms with Gasteiger partial charge < -0.3 is 5.11 Å². The van der Waals surface area contributed by atoms with Crippen LogP contribution in [0.25, 0.3) is 0 Å². The average molecular weight is 117 g/mol. The normalized spacial score (nSPS) is 12.8. The Kier molecular flexibility index (Phi) is 2.15. The number of carbonyl (C=O) groups excluding carboxylic acids is 2. The third kappa shape index (κ3) is 1.70. The van der Waals surface area contributed by atoms with E-state index in [0.29, 0.717) is 0 Å². The van der Waals surface area contributed by atoms with Crippen LogP contribution < -0.4 is 0 Å². The summed E-state index contributed by atoms with van der Waals surface area (Å²) in [7, 11) is 0. The lowest BCUT2D eigenvalue weighted by molar-refractivity contribution is -0.156. The lowest BCUT2D eigenvalue weighted by Crippen LogP contribution is -2.25. The van der Waals surface area contributed by atoms with Gasteiger partial charge in [-0.2, -0.15) is 0 Å². The minimum atomic E-state index is -1.96. The Morgan fingerprint density at radius 2 is 1.88 bits per heavy atom. The number of carbonyl (C=O) groups is 2. The summed E-state index contributed by atoms with van der Waals surface area (Å²) in [6.07, 6.45) is -1.96. The molecule has 0 aromatic rings. The second kappa shape index (κ2) is 2.42. The summed E-state index contributed by atoms with van der Waals surface area (Å²) >= 11 is 0. The molecule has 1 radical (unpaired) electrons. The van der Waals surface area contributed by atoms with Gasteiger partial charge in [0.2, 0.25) is 6.10 Å². The first-order valence-electron chi connectivity index (χ1n) is 1.95. The fourth-order valence-electron chi connectivity index (χ4n) is 0.166. The van der Waals surface area contributed by atoms with Crippen LogP contribution in [0.3, 0.4) is 0 Å². The van der Waals surface area contributed by atoms with Crippen molar-refractivity contribution in [3.8, 4) is 0 Å². The Bertz CT molecular complexity index is 103. The topological polar surface area (TPSA) is 74.3 Å². The smallest absolute Gasteiger partial charge is 0.375 e. The highest BCUT2D eigenvalue weighted by molar-refractivity contribution is 5.99. The third-order valence-electron chi connectivity index (χ3n) is 0.608. The van der Waals surface area contributed by atoms with E-state index in [1.54, 1.807) is 0 Å². The standard InChI is InChI=1S/C4H5O4/c1-2(5)3(6)4(7)8/h3,6H,1H3. The summed E-state index contributed by atoms with van der Waals surface area (Å²) < 4.78 is 0. The summed E-state index contributed by atoms with van der Waals surface area (Å²) in [5.74, 6) is -2.57. The van der Waals surface area contributed by atoms with E-state index in [9.17, 15) is 14.7 Å². The molecule has 0 heterocycles. The maximum Gasteiger partial charge on any atom is 0.391 e. The van der Waals surface area contributed by atoms with Crippen molar-refractivity contribution >= 4 is 11.8 Å². The predicted octanol–water partition coefficient (Wildman–Crippen LogP) is -1.11. The second-order valence-electron chi connectivity index (χ2n) is 1.33. The minimum Gasteiger partial charge on any atom is -0.375 e. The quantitative estimate of drug-likeness (QED) is 0.466. The monoisotopic (exact) mass is 117 g/mol. The number of aliphatic hydroxyl groups excluding tert-OH is 1. The van der Waals surface area contributed by atoms with Crippen LogP contribution in [-0.2, 0) is 14.7 Å². The van der Waals surface area contributed by atoms with E-state index in [1.807, 2.05) is 0 Å². The largest absolute Gasteiger partial charge is 0.391 e. The van der Waals surface area contributed by atoms with Crippen molar-refractivity contribution in [2.75, 3.05) is 0 Å². The van der Waals surface area contributed by atoms with Gasteiger partial charge in [0.05, 0.1) is 0 Å². The van der Waals surface area contributed by atoms with Crippen LogP contribution in [-0.4, -0.2) is 23.0 Å². The molecule has 1 atom stereocenters. The second-order valence-corrected chi connectivity index (χ2v) is 1.33. The van der Waals surface area contributed by atoms with Crippen molar-refractivity contribution < 1.29 is 19.8 Å². The molecule has 4 heteroatoms. The SMILES string of the molecule is CC(=O)C(O)C([O])=O. The molecule has 0 aliphatic heterocycles. The van der Waals surface area contributed by atoms with Gasteiger partial charge in [0.15, 0.2) is 5.78 Å². The van der Waals surface area contributed by atoms with Gasteiger partial charge in [-0.15, -0.1) is 0 Å². The van der Waals surface area contributed by atoms with Crippen LogP contribution in [0.1, 0.15) is 6.92 Å². The molecule has 0 bridgehead atoms. The van der Waals surface area contributed by atoms with Gasteiger partial charge in [-0.05, 0) is 6.92 Å². The van der Waals surface area contributed by atoms with Gasteiger partial charge in [-0.1, -0.05) is 0 Å². The first-order valence-corrected chi connectivity index (χ1v) is 1.95. The molecule has 0 saturated heterocycles. The van der Waals surface area contributed by atoms with Gasteiger partial charge in [-0.3, -0.25) is 4.79 Å². The average Bonchev–Trinajstić information content (AvgIpc) is 1.64. The van der Waals surface area contributed by atoms with E-state index >= 15 is 0 Å². The number of ketones is 1. The molecule has 0 rings (SSSR count). The zero-order valence-corrected chi connectivity index (χ0v) is 4.25. The van der Waals surface area contributed by atoms with Crippen LogP contribution >= 0.6 is 0 Å². The Labute approximate surface area is 45.7 Å².